The van der Waals surface area contributed by atoms with Crippen LogP contribution in [0.3, 0.4) is 0 Å². The van der Waals surface area contributed by atoms with Gasteiger partial charge in [0.05, 0.1) is 31.8 Å². The van der Waals surface area contributed by atoms with Crippen LogP contribution in [0.4, 0.5) is 0 Å². The number of hydrogen-bond donors (Lipinski definition) is 1. The van der Waals surface area contributed by atoms with Crippen LogP contribution in [0.25, 0.3) is 11.1 Å². The Balaban J connectivity index is 1.49. The Morgan fingerprint density at radius 2 is 2.24 bits per heavy atom. The summed E-state index contributed by atoms with van der Waals surface area (Å²) in [4.78, 5) is 14.5. The topological polar surface area (TPSA) is 84.4 Å². The molecule has 3 aromatic rings. The van der Waals surface area contributed by atoms with Crippen LogP contribution >= 0.6 is 0 Å². The molecular weight excluding hydrogens is 320 g/mol. The molecule has 4 rings (SSSR count). The van der Waals surface area contributed by atoms with Crippen molar-refractivity contribution < 1.29 is 14.3 Å². The average molecular weight is 338 g/mol. The van der Waals surface area contributed by atoms with Crippen molar-refractivity contribution in [2.45, 2.75) is 18.6 Å². The molecular formula is C18H18N4O3. The van der Waals surface area contributed by atoms with E-state index in [0.29, 0.717) is 25.1 Å². The van der Waals surface area contributed by atoms with Crippen LogP contribution in [-0.4, -0.2) is 49.6 Å². The maximum absolute atomic E-state index is 12.8. The molecule has 7 heteroatoms. The molecule has 1 fully saturated rings. The highest BCUT2D eigenvalue weighted by molar-refractivity contribution is 5.95. The zero-order valence-electron chi connectivity index (χ0n) is 13.6. The van der Waals surface area contributed by atoms with Gasteiger partial charge in [-0.25, -0.2) is 4.68 Å². The first-order chi connectivity index (χ1) is 12.1. The highest BCUT2D eigenvalue weighted by Gasteiger charge is 2.39. The summed E-state index contributed by atoms with van der Waals surface area (Å²) < 4.78 is 6.70. The Morgan fingerprint density at radius 3 is 3.00 bits per heavy atom. The molecule has 128 valence electrons. The quantitative estimate of drug-likeness (QED) is 0.784. The predicted molar refractivity (Wildman–Crippen MR) is 89.6 cm³/mol. The Labute approximate surface area is 144 Å². The number of carbonyl (C=O) groups is 1. The first-order valence-corrected chi connectivity index (χ1v) is 8.11. The van der Waals surface area contributed by atoms with Crippen molar-refractivity contribution >= 4 is 5.91 Å². The van der Waals surface area contributed by atoms with E-state index in [1.54, 1.807) is 40.6 Å². The summed E-state index contributed by atoms with van der Waals surface area (Å²) in [6.07, 6.45) is 7.05. The minimum absolute atomic E-state index is 0.0835. The lowest BCUT2D eigenvalue weighted by atomic mass is 10.0. The van der Waals surface area contributed by atoms with Gasteiger partial charge >= 0.3 is 0 Å². The Bertz CT molecular complexity index is 860. The highest BCUT2D eigenvalue weighted by atomic mass is 16.3. The lowest BCUT2D eigenvalue weighted by molar-refractivity contribution is 0.0267. The molecule has 0 saturated carbocycles. The predicted octanol–water partition coefficient (Wildman–Crippen LogP) is 1.82. The van der Waals surface area contributed by atoms with Gasteiger partial charge in [0.15, 0.2) is 0 Å². The molecule has 1 saturated heterocycles. The third-order valence-electron chi connectivity index (χ3n) is 4.51. The molecule has 0 radical (unpaired) electrons. The van der Waals surface area contributed by atoms with E-state index in [4.69, 9.17) is 4.42 Å². The van der Waals surface area contributed by atoms with E-state index in [9.17, 15) is 9.90 Å². The second kappa shape index (κ2) is 6.18. The molecule has 1 aliphatic heterocycles. The van der Waals surface area contributed by atoms with Crippen molar-refractivity contribution in [2.75, 3.05) is 13.1 Å². The van der Waals surface area contributed by atoms with E-state index in [0.717, 1.165) is 11.1 Å². The van der Waals surface area contributed by atoms with Crippen molar-refractivity contribution in [2.24, 2.45) is 0 Å². The number of amides is 1. The Hall–Kier alpha value is -2.93. The lowest BCUT2D eigenvalue weighted by Crippen LogP contribution is -2.39. The minimum atomic E-state index is -0.981. The van der Waals surface area contributed by atoms with Crippen LogP contribution in [0.5, 0.6) is 0 Å². The van der Waals surface area contributed by atoms with Gasteiger partial charge in [-0.1, -0.05) is 17.3 Å². The smallest absolute Gasteiger partial charge is 0.253 e. The molecule has 7 nitrogen and oxygen atoms in total. The molecule has 2 aromatic heterocycles. The normalized spacial score (nSPS) is 20.1. The van der Waals surface area contributed by atoms with Crippen LogP contribution in [-0.2, 0) is 6.54 Å². The maximum atomic E-state index is 12.8. The molecule has 1 amide bonds. The fraction of sp³-hybridized carbons (Fsp3) is 0.278. The third-order valence-corrected chi connectivity index (χ3v) is 4.51. The number of β-amino-alcohol motifs (C(OH)–C–C–N with tert-alkyl or cyclic N) is 1. The van der Waals surface area contributed by atoms with Crippen LogP contribution in [0.15, 0.2) is 59.7 Å². The average Bonchev–Trinajstić information content (AvgIpc) is 3.36. The van der Waals surface area contributed by atoms with Gasteiger partial charge in [0, 0.05) is 23.9 Å². The fourth-order valence-corrected chi connectivity index (χ4v) is 3.22. The first kappa shape index (κ1) is 15.6. The molecule has 1 unspecified atom stereocenters. The van der Waals surface area contributed by atoms with Gasteiger partial charge in [0.25, 0.3) is 5.91 Å². The van der Waals surface area contributed by atoms with Gasteiger partial charge in [-0.3, -0.25) is 4.79 Å². The van der Waals surface area contributed by atoms with Crippen molar-refractivity contribution in [3.63, 3.8) is 0 Å². The summed E-state index contributed by atoms with van der Waals surface area (Å²) in [6, 6.07) is 9.29. The van der Waals surface area contributed by atoms with Crippen LogP contribution < -0.4 is 0 Å². The lowest BCUT2D eigenvalue weighted by Gasteiger charge is -2.23. The number of furan rings is 1. The van der Waals surface area contributed by atoms with Crippen LogP contribution in [0, 0.1) is 0 Å². The standard InChI is InChI=1S/C18H18N4O3/c23-17(15-3-1-2-14(10-15)16-4-9-25-11-16)21-7-5-18(24,12-21)13-22-8-6-19-20-22/h1-4,6,8-11,24H,5,7,12-13H2. The van der Waals surface area contributed by atoms with Crippen LogP contribution in [0.2, 0.25) is 0 Å². The summed E-state index contributed by atoms with van der Waals surface area (Å²) in [6.45, 7) is 1.12. The van der Waals surface area contributed by atoms with Gasteiger partial charge in [0.1, 0.15) is 5.60 Å². The number of benzene rings is 1. The number of hydrogen-bond acceptors (Lipinski definition) is 5. The molecule has 0 aliphatic carbocycles. The number of likely N-dealkylation sites (tertiary alicyclic amines) is 1. The second-order valence-corrected chi connectivity index (χ2v) is 6.39. The van der Waals surface area contributed by atoms with Gasteiger partial charge < -0.3 is 14.4 Å². The summed E-state index contributed by atoms with van der Waals surface area (Å²) in [5.41, 5.74) is 1.48. The third kappa shape index (κ3) is 3.18. The number of rotatable bonds is 4. The van der Waals surface area contributed by atoms with E-state index in [1.165, 1.54) is 0 Å². The molecule has 1 aromatic carbocycles. The monoisotopic (exact) mass is 338 g/mol. The maximum Gasteiger partial charge on any atom is 0.253 e. The van der Waals surface area contributed by atoms with E-state index in [2.05, 4.69) is 10.3 Å². The van der Waals surface area contributed by atoms with Gasteiger partial charge in [-0.05, 0) is 30.2 Å². The number of aromatic nitrogens is 3. The highest BCUT2D eigenvalue weighted by Crippen LogP contribution is 2.26. The summed E-state index contributed by atoms with van der Waals surface area (Å²) in [5.74, 6) is -0.0835. The van der Waals surface area contributed by atoms with Crippen molar-refractivity contribution in [1.29, 1.82) is 0 Å². The van der Waals surface area contributed by atoms with E-state index in [-0.39, 0.29) is 12.5 Å². The van der Waals surface area contributed by atoms with Crippen molar-refractivity contribution in [1.82, 2.24) is 19.9 Å². The fourth-order valence-electron chi connectivity index (χ4n) is 3.22. The molecule has 1 atom stereocenters. The molecule has 1 N–H and O–H groups in total. The zero-order chi connectivity index (χ0) is 17.3. The Kier molecular flexibility index (Phi) is 3.85. The van der Waals surface area contributed by atoms with Gasteiger partial charge in [0.2, 0.25) is 0 Å². The largest absolute Gasteiger partial charge is 0.472 e. The van der Waals surface area contributed by atoms with Gasteiger partial charge in [-0.15, -0.1) is 5.10 Å². The summed E-state index contributed by atoms with van der Waals surface area (Å²) in [5, 5.41) is 18.4. The molecule has 25 heavy (non-hydrogen) atoms. The molecule has 3 heterocycles. The van der Waals surface area contributed by atoms with Crippen molar-refractivity contribution in [3.8, 4) is 11.1 Å². The van der Waals surface area contributed by atoms with E-state index in [1.807, 2.05) is 24.3 Å². The molecule has 0 bridgehead atoms. The van der Waals surface area contributed by atoms with E-state index >= 15 is 0 Å². The van der Waals surface area contributed by atoms with Crippen LogP contribution in [0.1, 0.15) is 16.8 Å². The minimum Gasteiger partial charge on any atom is -0.472 e. The number of aliphatic hydroxyl groups is 1. The summed E-state index contributed by atoms with van der Waals surface area (Å²) in [7, 11) is 0. The molecule has 0 spiro atoms. The number of carbonyl (C=O) groups excluding carboxylic acids is 1. The van der Waals surface area contributed by atoms with Gasteiger partial charge in [-0.2, -0.15) is 0 Å². The Morgan fingerprint density at radius 1 is 1.32 bits per heavy atom. The second-order valence-electron chi connectivity index (χ2n) is 6.39. The van der Waals surface area contributed by atoms with Crippen molar-refractivity contribution in [3.05, 3.63) is 60.8 Å². The SMILES string of the molecule is O=C(c1cccc(-c2ccoc2)c1)N1CCC(O)(Cn2ccnn2)C1. The zero-order valence-corrected chi connectivity index (χ0v) is 13.6. The molecule has 1 aliphatic rings. The first-order valence-electron chi connectivity index (χ1n) is 8.11. The summed E-state index contributed by atoms with van der Waals surface area (Å²) >= 11 is 0. The number of nitrogens with zero attached hydrogens (tertiary/aromatic N) is 4. The van der Waals surface area contributed by atoms with E-state index < -0.39 is 5.60 Å².